The summed E-state index contributed by atoms with van der Waals surface area (Å²) in [5.74, 6) is 0.424. The third-order valence-corrected chi connectivity index (χ3v) is 8.19. The number of amides is 3. The second-order valence-corrected chi connectivity index (χ2v) is 11.4. The van der Waals surface area contributed by atoms with Crippen LogP contribution in [0.5, 0.6) is 0 Å². The monoisotopic (exact) mass is 583 g/mol. The molecular formula is C24H34IN5O2S. The van der Waals surface area contributed by atoms with Crippen LogP contribution in [0.2, 0.25) is 0 Å². The van der Waals surface area contributed by atoms with Crippen molar-refractivity contribution in [2.24, 2.45) is 17.5 Å². The molecule has 1 aliphatic heterocycles. The Morgan fingerprint density at radius 3 is 2.36 bits per heavy atom. The summed E-state index contributed by atoms with van der Waals surface area (Å²) in [6, 6.07) is 6.78. The number of aryl methyl sites for hydroxylation is 1. The van der Waals surface area contributed by atoms with E-state index in [4.69, 9.17) is 0 Å². The molecule has 3 amide bonds. The van der Waals surface area contributed by atoms with Crippen LogP contribution in [-0.4, -0.2) is 47.6 Å². The topological polar surface area (TPSA) is 78.7 Å². The van der Waals surface area contributed by atoms with E-state index in [-0.39, 0.29) is 11.9 Å². The third-order valence-electron chi connectivity index (χ3n) is 5.99. The van der Waals surface area contributed by atoms with Crippen LogP contribution in [0.25, 0.3) is 0 Å². The van der Waals surface area contributed by atoms with E-state index >= 15 is 0 Å². The summed E-state index contributed by atoms with van der Waals surface area (Å²) < 4.78 is 2.98. The predicted octanol–water partition coefficient (Wildman–Crippen LogP) is 4.49. The molecule has 0 radical (unpaired) electrons. The number of hydrogen-bond acceptors (Lipinski definition) is 4. The molecule has 1 aromatic carbocycles. The van der Waals surface area contributed by atoms with Crippen LogP contribution < -0.4 is 15.4 Å². The van der Waals surface area contributed by atoms with Crippen LogP contribution in [-0.2, 0) is 16.3 Å². The minimum atomic E-state index is -0.604. The van der Waals surface area contributed by atoms with Gasteiger partial charge in [0.1, 0.15) is 6.04 Å². The average Bonchev–Trinajstić information content (AvgIpc) is 3.17. The van der Waals surface area contributed by atoms with Crippen molar-refractivity contribution in [3.63, 3.8) is 0 Å². The van der Waals surface area contributed by atoms with Gasteiger partial charge in [0.15, 0.2) is 4.80 Å². The molecule has 2 N–H and O–H groups in total. The van der Waals surface area contributed by atoms with Crippen LogP contribution >= 0.6 is 33.9 Å². The normalized spacial score (nSPS) is 16.5. The lowest BCUT2D eigenvalue weighted by atomic mass is 9.85. The number of aromatic nitrogens is 1. The zero-order valence-electron chi connectivity index (χ0n) is 20.0. The Morgan fingerprint density at radius 2 is 1.85 bits per heavy atom. The molecule has 0 unspecified atom stereocenters. The Morgan fingerprint density at radius 1 is 1.21 bits per heavy atom. The molecule has 1 aromatic heterocycles. The molecule has 0 bridgehead atoms. The fourth-order valence-electron chi connectivity index (χ4n) is 4.03. The summed E-state index contributed by atoms with van der Waals surface area (Å²) in [6.07, 6.45) is 3.99. The molecule has 0 aliphatic carbocycles. The molecule has 7 nitrogen and oxygen atoms in total. The van der Waals surface area contributed by atoms with Gasteiger partial charge in [-0.25, -0.2) is 4.79 Å². The summed E-state index contributed by atoms with van der Waals surface area (Å²) in [6.45, 7) is 7.34. The number of piperidine rings is 1. The van der Waals surface area contributed by atoms with E-state index in [0.29, 0.717) is 24.7 Å². The fraction of sp³-hybridized carbons (Fsp3) is 0.542. The molecule has 0 spiro atoms. The van der Waals surface area contributed by atoms with Crippen LogP contribution in [0.4, 0.5) is 10.5 Å². The number of thiazole rings is 1. The third kappa shape index (κ3) is 6.59. The number of carbonyl (C=O) groups is 2. The molecule has 1 aliphatic rings. The van der Waals surface area contributed by atoms with Gasteiger partial charge >= 0.3 is 6.03 Å². The molecule has 2 heterocycles. The number of alkyl halides is 1. The van der Waals surface area contributed by atoms with Crippen molar-refractivity contribution < 1.29 is 9.59 Å². The SMILES string of the molecule is CN=c1sc(C2CCN(C(=O)[C@H](NC(=O)Nc3ccc(CI)cc3)C(C)(C)C)CC2)cn1C. The van der Waals surface area contributed by atoms with Crippen LogP contribution in [0.1, 0.15) is 50.0 Å². The highest BCUT2D eigenvalue weighted by Crippen LogP contribution is 2.31. The van der Waals surface area contributed by atoms with Crippen molar-refractivity contribution >= 4 is 51.6 Å². The number of nitrogens with one attached hydrogen (secondary N) is 2. The number of carbonyl (C=O) groups excluding carboxylic acids is 2. The Labute approximate surface area is 213 Å². The van der Waals surface area contributed by atoms with E-state index in [1.165, 1.54) is 10.4 Å². The second-order valence-electron chi connectivity index (χ2n) is 9.58. The second kappa shape index (κ2) is 11.0. The molecule has 180 valence electrons. The maximum absolute atomic E-state index is 13.4. The first-order valence-electron chi connectivity index (χ1n) is 11.2. The van der Waals surface area contributed by atoms with Gasteiger partial charge < -0.3 is 20.1 Å². The molecule has 1 fully saturated rings. The first-order valence-corrected chi connectivity index (χ1v) is 13.6. The summed E-state index contributed by atoms with van der Waals surface area (Å²) in [4.78, 5) is 34.7. The highest BCUT2D eigenvalue weighted by Gasteiger charge is 2.37. The zero-order chi connectivity index (χ0) is 24.2. The van der Waals surface area contributed by atoms with Crippen molar-refractivity contribution in [1.29, 1.82) is 0 Å². The van der Waals surface area contributed by atoms with Crippen molar-refractivity contribution in [1.82, 2.24) is 14.8 Å². The van der Waals surface area contributed by atoms with E-state index in [2.05, 4.69) is 49.0 Å². The Hall–Kier alpha value is -1.88. The summed E-state index contributed by atoms with van der Waals surface area (Å²) in [7, 11) is 3.83. The fourth-order valence-corrected chi connectivity index (χ4v) is 5.65. The highest BCUT2D eigenvalue weighted by atomic mass is 127. The van der Waals surface area contributed by atoms with Crippen LogP contribution in [0, 0.1) is 5.41 Å². The lowest BCUT2D eigenvalue weighted by Crippen LogP contribution is -2.56. The number of urea groups is 1. The average molecular weight is 584 g/mol. The molecule has 0 saturated carbocycles. The van der Waals surface area contributed by atoms with Gasteiger partial charge in [0.2, 0.25) is 5.91 Å². The predicted molar refractivity (Wildman–Crippen MR) is 143 cm³/mol. The van der Waals surface area contributed by atoms with Crippen molar-refractivity contribution in [3.8, 4) is 0 Å². The summed E-state index contributed by atoms with van der Waals surface area (Å²) in [5, 5.41) is 5.80. The van der Waals surface area contributed by atoms with E-state index < -0.39 is 11.5 Å². The van der Waals surface area contributed by atoms with Gasteiger partial charge in [-0.15, -0.1) is 11.3 Å². The standard InChI is InChI=1S/C24H34IN5O2S/c1-24(2,3)20(28-22(32)27-18-8-6-16(14-25)7-9-18)21(31)30-12-10-17(11-13-30)19-15-29(5)23(26-4)33-19/h6-9,15,17,20H,10-14H2,1-5H3,(H2,27,28,32)/t20-/m0/s1. The maximum Gasteiger partial charge on any atom is 0.319 e. The summed E-state index contributed by atoms with van der Waals surface area (Å²) in [5.41, 5.74) is 1.50. The van der Waals surface area contributed by atoms with Crippen LogP contribution in [0.3, 0.4) is 0 Å². The van der Waals surface area contributed by atoms with Crippen molar-refractivity contribution in [2.45, 2.75) is 50.0 Å². The first kappa shape index (κ1) is 25.7. The molecule has 1 atom stereocenters. The Kier molecular flexibility index (Phi) is 8.60. The number of nitrogens with zero attached hydrogens (tertiary/aromatic N) is 3. The van der Waals surface area contributed by atoms with Gasteiger partial charge in [0.05, 0.1) is 0 Å². The number of halogens is 1. The Bertz CT molecular complexity index is 1030. The molecule has 9 heteroatoms. The smallest absolute Gasteiger partial charge is 0.319 e. The minimum absolute atomic E-state index is 0.0163. The van der Waals surface area contributed by atoms with Gasteiger partial charge in [-0.2, -0.15) is 0 Å². The van der Waals surface area contributed by atoms with Gasteiger partial charge in [-0.05, 0) is 41.9 Å². The van der Waals surface area contributed by atoms with E-state index in [1.807, 2.05) is 64.0 Å². The van der Waals surface area contributed by atoms with E-state index in [1.54, 1.807) is 11.3 Å². The molecule has 33 heavy (non-hydrogen) atoms. The number of rotatable bonds is 5. The van der Waals surface area contributed by atoms with Gasteiger partial charge in [-0.3, -0.25) is 9.79 Å². The van der Waals surface area contributed by atoms with Gasteiger partial charge in [-0.1, -0.05) is 55.5 Å². The maximum atomic E-state index is 13.4. The zero-order valence-corrected chi connectivity index (χ0v) is 23.0. The first-order chi connectivity index (χ1) is 15.6. The van der Waals surface area contributed by atoms with E-state index in [0.717, 1.165) is 22.1 Å². The summed E-state index contributed by atoms with van der Waals surface area (Å²) >= 11 is 4.03. The molecule has 2 aromatic rings. The van der Waals surface area contributed by atoms with E-state index in [9.17, 15) is 9.59 Å². The van der Waals surface area contributed by atoms with Crippen molar-refractivity contribution in [3.05, 3.63) is 45.7 Å². The van der Waals surface area contributed by atoms with Crippen molar-refractivity contribution in [2.75, 3.05) is 25.5 Å². The van der Waals surface area contributed by atoms with Gasteiger partial charge in [0, 0.05) is 48.4 Å². The minimum Gasteiger partial charge on any atom is -0.341 e. The molecular weight excluding hydrogens is 549 g/mol. The molecule has 3 rings (SSSR count). The Balaban J connectivity index is 1.62. The number of benzene rings is 1. The van der Waals surface area contributed by atoms with Gasteiger partial charge in [0.25, 0.3) is 0 Å². The molecule has 1 saturated heterocycles. The lowest BCUT2D eigenvalue weighted by Gasteiger charge is -2.38. The number of anilines is 1. The lowest BCUT2D eigenvalue weighted by molar-refractivity contribution is -0.136. The quantitative estimate of drug-likeness (QED) is 0.402. The largest absolute Gasteiger partial charge is 0.341 e. The highest BCUT2D eigenvalue weighted by molar-refractivity contribution is 14.1. The van der Waals surface area contributed by atoms with Crippen LogP contribution in [0.15, 0.2) is 35.5 Å². The number of likely N-dealkylation sites (tertiary alicyclic amines) is 1. The number of hydrogen-bond donors (Lipinski definition) is 2.